The van der Waals surface area contributed by atoms with E-state index in [2.05, 4.69) is 23.7 Å². The quantitative estimate of drug-likeness (QED) is 0.810. The molecule has 1 atom stereocenters. The van der Waals surface area contributed by atoms with Crippen LogP contribution in [-0.4, -0.2) is 47.5 Å². The SMILES string of the molecule is CCC(C)(C(=O)Cc1cccnc1)N1CCOCC1. The Balaban J connectivity index is 2.09. The molecule has 0 amide bonds. The van der Waals surface area contributed by atoms with Gasteiger partial charge in [-0.05, 0) is 25.0 Å². The zero-order chi connectivity index (χ0) is 13.7. The Morgan fingerprint density at radius 3 is 2.79 bits per heavy atom. The molecule has 4 nitrogen and oxygen atoms in total. The third-order valence-corrected chi connectivity index (χ3v) is 4.09. The van der Waals surface area contributed by atoms with Crippen LogP contribution in [0.1, 0.15) is 25.8 Å². The predicted octanol–water partition coefficient (Wildman–Crippen LogP) is 1.69. The van der Waals surface area contributed by atoms with Gasteiger partial charge in [-0.15, -0.1) is 0 Å². The summed E-state index contributed by atoms with van der Waals surface area (Å²) in [5.74, 6) is 0.268. The van der Waals surface area contributed by atoms with Gasteiger partial charge in [-0.1, -0.05) is 13.0 Å². The third-order valence-electron chi connectivity index (χ3n) is 4.09. The number of nitrogens with zero attached hydrogens (tertiary/aromatic N) is 2. The van der Waals surface area contributed by atoms with Crippen molar-refractivity contribution >= 4 is 5.78 Å². The minimum absolute atomic E-state index is 0.268. The zero-order valence-electron chi connectivity index (χ0n) is 11.8. The van der Waals surface area contributed by atoms with Gasteiger partial charge < -0.3 is 4.74 Å². The van der Waals surface area contributed by atoms with Crippen LogP contribution in [0.3, 0.4) is 0 Å². The molecule has 2 rings (SSSR count). The largest absolute Gasteiger partial charge is 0.379 e. The topological polar surface area (TPSA) is 42.4 Å². The summed E-state index contributed by atoms with van der Waals surface area (Å²) in [6.07, 6.45) is 4.78. The molecule has 0 bridgehead atoms. The van der Waals surface area contributed by atoms with Gasteiger partial charge in [0, 0.05) is 31.9 Å². The highest BCUT2D eigenvalue weighted by Gasteiger charge is 2.37. The van der Waals surface area contributed by atoms with Gasteiger partial charge in [-0.3, -0.25) is 14.7 Å². The number of morpholine rings is 1. The van der Waals surface area contributed by atoms with Crippen LogP contribution < -0.4 is 0 Å². The highest BCUT2D eigenvalue weighted by atomic mass is 16.5. The standard InChI is InChI=1S/C15H22N2O2/c1-3-15(2,17-7-9-19-10-8-17)14(18)11-13-5-4-6-16-12-13/h4-6,12H,3,7-11H2,1-2H3. The fourth-order valence-electron chi connectivity index (χ4n) is 2.53. The molecule has 0 saturated carbocycles. The first-order chi connectivity index (χ1) is 9.16. The molecule has 0 aromatic carbocycles. The van der Waals surface area contributed by atoms with Crippen LogP contribution in [0.15, 0.2) is 24.5 Å². The number of hydrogen-bond acceptors (Lipinski definition) is 4. The monoisotopic (exact) mass is 262 g/mol. The molecule has 1 unspecified atom stereocenters. The van der Waals surface area contributed by atoms with Gasteiger partial charge in [0.25, 0.3) is 0 Å². The van der Waals surface area contributed by atoms with Crippen molar-refractivity contribution in [1.82, 2.24) is 9.88 Å². The minimum atomic E-state index is -0.389. The lowest BCUT2D eigenvalue weighted by molar-refractivity contribution is -0.133. The molecule has 2 heterocycles. The molecule has 1 aliphatic heterocycles. The van der Waals surface area contributed by atoms with E-state index < -0.39 is 0 Å². The van der Waals surface area contributed by atoms with Crippen molar-refractivity contribution < 1.29 is 9.53 Å². The lowest BCUT2D eigenvalue weighted by atomic mass is 9.87. The van der Waals surface area contributed by atoms with Crippen LogP contribution in [-0.2, 0) is 16.0 Å². The van der Waals surface area contributed by atoms with Gasteiger partial charge in [0.15, 0.2) is 5.78 Å². The second-order valence-electron chi connectivity index (χ2n) is 5.19. The van der Waals surface area contributed by atoms with Crippen molar-refractivity contribution in [2.75, 3.05) is 26.3 Å². The number of carbonyl (C=O) groups is 1. The first kappa shape index (κ1) is 14.2. The fraction of sp³-hybridized carbons (Fsp3) is 0.600. The van der Waals surface area contributed by atoms with Crippen LogP contribution in [0.4, 0.5) is 0 Å². The Kier molecular flexibility index (Phi) is 4.66. The smallest absolute Gasteiger partial charge is 0.157 e. The van der Waals surface area contributed by atoms with E-state index in [1.165, 1.54) is 0 Å². The molecule has 1 aromatic heterocycles. The van der Waals surface area contributed by atoms with Crippen LogP contribution in [0.5, 0.6) is 0 Å². The number of pyridine rings is 1. The summed E-state index contributed by atoms with van der Waals surface area (Å²) in [6.45, 7) is 7.24. The molecule has 0 spiro atoms. The van der Waals surface area contributed by atoms with Gasteiger partial charge in [-0.25, -0.2) is 0 Å². The first-order valence-corrected chi connectivity index (χ1v) is 6.92. The van der Waals surface area contributed by atoms with E-state index in [1.807, 2.05) is 12.1 Å². The lowest BCUT2D eigenvalue weighted by Crippen LogP contribution is -2.56. The molecular weight excluding hydrogens is 240 g/mol. The Bertz CT molecular complexity index is 415. The second kappa shape index (κ2) is 6.26. The maximum atomic E-state index is 12.7. The summed E-state index contributed by atoms with van der Waals surface area (Å²) in [4.78, 5) is 19.0. The Morgan fingerprint density at radius 2 is 2.21 bits per heavy atom. The molecule has 104 valence electrons. The first-order valence-electron chi connectivity index (χ1n) is 6.92. The zero-order valence-corrected chi connectivity index (χ0v) is 11.8. The molecule has 1 saturated heterocycles. The molecule has 0 aliphatic carbocycles. The molecule has 1 aliphatic rings. The normalized spacial score (nSPS) is 19.9. The molecule has 0 radical (unpaired) electrons. The number of aromatic nitrogens is 1. The number of hydrogen-bond donors (Lipinski definition) is 0. The van der Waals surface area contributed by atoms with Crippen molar-refractivity contribution in [3.8, 4) is 0 Å². The van der Waals surface area contributed by atoms with E-state index in [4.69, 9.17) is 4.74 Å². The molecule has 19 heavy (non-hydrogen) atoms. The molecule has 4 heteroatoms. The number of rotatable bonds is 5. The summed E-state index contributed by atoms with van der Waals surface area (Å²) in [6, 6.07) is 3.83. The number of carbonyl (C=O) groups excluding carboxylic acids is 1. The van der Waals surface area contributed by atoms with Crippen molar-refractivity contribution in [2.24, 2.45) is 0 Å². The Labute approximate surface area is 114 Å². The summed E-state index contributed by atoms with van der Waals surface area (Å²) < 4.78 is 5.37. The van der Waals surface area contributed by atoms with Crippen LogP contribution in [0.2, 0.25) is 0 Å². The van der Waals surface area contributed by atoms with E-state index in [0.717, 1.165) is 38.3 Å². The van der Waals surface area contributed by atoms with E-state index in [0.29, 0.717) is 6.42 Å². The molecule has 1 aromatic rings. The van der Waals surface area contributed by atoms with E-state index in [9.17, 15) is 4.79 Å². The van der Waals surface area contributed by atoms with Crippen molar-refractivity contribution in [3.05, 3.63) is 30.1 Å². The van der Waals surface area contributed by atoms with E-state index in [-0.39, 0.29) is 11.3 Å². The van der Waals surface area contributed by atoms with Crippen molar-refractivity contribution in [1.29, 1.82) is 0 Å². The van der Waals surface area contributed by atoms with E-state index >= 15 is 0 Å². The highest BCUT2D eigenvalue weighted by molar-refractivity contribution is 5.89. The molecule has 1 fully saturated rings. The van der Waals surface area contributed by atoms with Gasteiger partial charge in [-0.2, -0.15) is 0 Å². The lowest BCUT2D eigenvalue weighted by Gasteiger charge is -2.41. The fourth-order valence-corrected chi connectivity index (χ4v) is 2.53. The van der Waals surface area contributed by atoms with Gasteiger partial charge in [0.2, 0.25) is 0 Å². The van der Waals surface area contributed by atoms with Crippen LogP contribution in [0, 0.1) is 0 Å². The Morgan fingerprint density at radius 1 is 1.47 bits per heavy atom. The predicted molar refractivity (Wildman–Crippen MR) is 74.0 cm³/mol. The van der Waals surface area contributed by atoms with Gasteiger partial charge in [0.1, 0.15) is 0 Å². The van der Waals surface area contributed by atoms with E-state index in [1.54, 1.807) is 12.4 Å². The Hall–Kier alpha value is -1.26. The number of ether oxygens (including phenoxy) is 1. The third kappa shape index (κ3) is 3.19. The van der Waals surface area contributed by atoms with Crippen molar-refractivity contribution in [3.63, 3.8) is 0 Å². The highest BCUT2D eigenvalue weighted by Crippen LogP contribution is 2.23. The number of ketones is 1. The molecule has 0 N–H and O–H groups in total. The summed E-state index contributed by atoms with van der Waals surface area (Å²) in [5, 5.41) is 0. The maximum Gasteiger partial charge on any atom is 0.157 e. The second-order valence-corrected chi connectivity index (χ2v) is 5.19. The average Bonchev–Trinajstić information content (AvgIpc) is 2.48. The van der Waals surface area contributed by atoms with Crippen molar-refractivity contribution in [2.45, 2.75) is 32.2 Å². The summed E-state index contributed by atoms with van der Waals surface area (Å²) in [7, 11) is 0. The maximum absolute atomic E-state index is 12.7. The number of Topliss-reactive ketones (excluding diaryl/α,β-unsaturated/α-hetero) is 1. The molecular formula is C15H22N2O2. The average molecular weight is 262 g/mol. The minimum Gasteiger partial charge on any atom is -0.379 e. The summed E-state index contributed by atoms with van der Waals surface area (Å²) >= 11 is 0. The van der Waals surface area contributed by atoms with Crippen LogP contribution in [0.25, 0.3) is 0 Å². The van der Waals surface area contributed by atoms with Crippen LogP contribution >= 0.6 is 0 Å². The van der Waals surface area contributed by atoms with Gasteiger partial charge in [0.05, 0.1) is 18.8 Å². The summed E-state index contributed by atoms with van der Waals surface area (Å²) in [5.41, 5.74) is 0.597. The van der Waals surface area contributed by atoms with Gasteiger partial charge >= 0.3 is 0 Å².